The fraction of sp³-hybridized carbons (Fsp3) is 0.308. The Bertz CT molecular complexity index is 663. The molecule has 5 nitrogen and oxygen atoms in total. The molecule has 1 aromatic carbocycles. The molecule has 0 bridgehead atoms. The van der Waals surface area contributed by atoms with Gasteiger partial charge in [-0.25, -0.2) is 18.1 Å². The Labute approximate surface area is 122 Å². The van der Waals surface area contributed by atoms with Crippen molar-refractivity contribution in [1.29, 1.82) is 0 Å². The number of nitrogens with one attached hydrogen (secondary N) is 1. The number of thiazole rings is 1. The molecule has 2 rings (SSSR count). The van der Waals surface area contributed by atoms with Crippen LogP contribution < -0.4 is 10.5 Å². The third-order valence-electron chi connectivity index (χ3n) is 2.75. The molecule has 0 aliphatic rings. The van der Waals surface area contributed by atoms with Crippen LogP contribution in [0.3, 0.4) is 0 Å². The van der Waals surface area contributed by atoms with Crippen LogP contribution in [0.1, 0.15) is 21.0 Å². The number of rotatable bonds is 6. The summed E-state index contributed by atoms with van der Waals surface area (Å²) in [5, 5.41) is 0.927. The number of nitrogens with two attached hydrogens (primary N) is 1. The summed E-state index contributed by atoms with van der Waals surface area (Å²) in [6.07, 6.45) is 1.69. The van der Waals surface area contributed by atoms with E-state index in [0.717, 1.165) is 21.0 Å². The molecular weight excluding hydrogens is 294 g/mol. The number of aryl methyl sites for hydroxylation is 1. The molecule has 2 aromatic rings. The van der Waals surface area contributed by atoms with Crippen LogP contribution in [-0.2, 0) is 28.9 Å². The van der Waals surface area contributed by atoms with Crippen molar-refractivity contribution in [3.63, 3.8) is 0 Å². The molecule has 1 aromatic heterocycles. The van der Waals surface area contributed by atoms with Crippen molar-refractivity contribution in [3.8, 4) is 0 Å². The number of sulfonamides is 1. The molecule has 0 aliphatic carbocycles. The first-order valence-corrected chi connectivity index (χ1v) is 8.62. The van der Waals surface area contributed by atoms with Crippen LogP contribution in [0, 0.1) is 6.92 Å². The Hall–Kier alpha value is -1.28. The minimum Gasteiger partial charge on any atom is -0.326 e. The normalized spacial score (nSPS) is 11.7. The van der Waals surface area contributed by atoms with E-state index in [4.69, 9.17) is 5.73 Å². The molecule has 0 saturated carbocycles. The lowest BCUT2D eigenvalue weighted by atomic mass is 10.1. The Kier molecular flexibility index (Phi) is 4.87. The van der Waals surface area contributed by atoms with Gasteiger partial charge in [0, 0.05) is 24.2 Å². The van der Waals surface area contributed by atoms with Crippen molar-refractivity contribution in [3.05, 3.63) is 51.5 Å². The molecule has 20 heavy (non-hydrogen) atoms. The van der Waals surface area contributed by atoms with E-state index < -0.39 is 10.0 Å². The van der Waals surface area contributed by atoms with Crippen LogP contribution in [0.25, 0.3) is 0 Å². The largest absolute Gasteiger partial charge is 0.326 e. The fourth-order valence-corrected chi connectivity index (χ4v) is 3.64. The van der Waals surface area contributed by atoms with E-state index in [1.807, 2.05) is 19.1 Å². The van der Waals surface area contributed by atoms with Crippen molar-refractivity contribution in [2.45, 2.75) is 25.8 Å². The molecule has 0 unspecified atom stereocenters. The summed E-state index contributed by atoms with van der Waals surface area (Å²) in [5.74, 6) is -0.0321. The average Bonchev–Trinajstić information content (AvgIpc) is 2.83. The van der Waals surface area contributed by atoms with E-state index in [0.29, 0.717) is 6.54 Å². The highest BCUT2D eigenvalue weighted by Gasteiger charge is 2.12. The monoisotopic (exact) mass is 311 g/mol. The van der Waals surface area contributed by atoms with Crippen LogP contribution in [0.15, 0.2) is 30.5 Å². The molecule has 3 N–H and O–H groups in total. The highest BCUT2D eigenvalue weighted by molar-refractivity contribution is 7.88. The van der Waals surface area contributed by atoms with Crippen LogP contribution in [-0.4, -0.2) is 13.4 Å². The molecule has 0 atom stereocenters. The maximum atomic E-state index is 12.0. The zero-order chi connectivity index (χ0) is 14.6. The van der Waals surface area contributed by atoms with E-state index in [9.17, 15) is 8.42 Å². The SMILES string of the molecule is Cc1ncc(CNS(=O)(=O)Cc2ccc(CN)cc2)s1. The number of nitrogens with zero attached hydrogens (tertiary/aromatic N) is 1. The lowest BCUT2D eigenvalue weighted by Gasteiger charge is -2.06. The van der Waals surface area contributed by atoms with Gasteiger partial charge >= 0.3 is 0 Å². The van der Waals surface area contributed by atoms with Crippen molar-refractivity contribution in [1.82, 2.24) is 9.71 Å². The lowest BCUT2D eigenvalue weighted by molar-refractivity contribution is 0.581. The molecule has 0 aliphatic heterocycles. The quantitative estimate of drug-likeness (QED) is 0.847. The molecule has 7 heteroatoms. The number of benzene rings is 1. The lowest BCUT2D eigenvalue weighted by Crippen LogP contribution is -2.24. The van der Waals surface area contributed by atoms with Crippen molar-refractivity contribution < 1.29 is 8.42 Å². The van der Waals surface area contributed by atoms with E-state index in [-0.39, 0.29) is 12.3 Å². The summed E-state index contributed by atoms with van der Waals surface area (Å²) in [5.41, 5.74) is 7.24. The van der Waals surface area contributed by atoms with Gasteiger partial charge in [-0.2, -0.15) is 0 Å². The molecule has 1 heterocycles. The van der Waals surface area contributed by atoms with Gasteiger partial charge in [0.05, 0.1) is 10.8 Å². The summed E-state index contributed by atoms with van der Waals surface area (Å²) in [6, 6.07) is 7.27. The fourth-order valence-electron chi connectivity index (χ4n) is 1.71. The predicted molar refractivity (Wildman–Crippen MR) is 80.6 cm³/mol. The van der Waals surface area contributed by atoms with E-state index in [1.54, 1.807) is 18.3 Å². The highest BCUT2D eigenvalue weighted by Crippen LogP contribution is 2.12. The molecule has 0 radical (unpaired) electrons. The van der Waals surface area contributed by atoms with Gasteiger partial charge in [-0.05, 0) is 18.1 Å². The smallest absolute Gasteiger partial charge is 0.216 e. The Morgan fingerprint density at radius 1 is 1.25 bits per heavy atom. The predicted octanol–water partition coefficient (Wildman–Crippen LogP) is 1.53. The van der Waals surface area contributed by atoms with E-state index in [2.05, 4.69) is 9.71 Å². The number of aromatic nitrogens is 1. The zero-order valence-corrected chi connectivity index (χ0v) is 12.8. The number of hydrogen-bond donors (Lipinski definition) is 2. The third kappa shape index (κ3) is 4.38. The van der Waals surface area contributed by atoms with Gasteiger partial charge in [0.1, 0.15) is 0 Å². The first kappa shape index (κ1) is 15.1. The van der Waals surface area contributed by atoms with Crippen molar-refractivity contribution in [2.75, 3.05) is 0 Å². The second-order valence-electron chi connectivity index (χ2n) is 4.45. The first-order valence-electron chi connectivity index (χ1n) is 6.15. The summed E-state index contributed by atoms with van der Waals surface area (Å²) in [7, 11) is -3.35. The third-order valence-corrected chi connectivity index (χ3v) is 4.96. The maximum absolute atomic E-state index is 12.0. The summed E-state index contributed by atoms with van der Waals surface area (Å²) >= 11 is 1.49. The van der Waals surface area contributed by atoms with Crippen LogP contribution in [0.4, 0.5) is 0 Å². The van der Waals surface area contributed by atoms with Gasteiger partial charge < -0.3 is 5.73 Å². The summed E-state index contributed by atoms with van der Waals surface area (Å²) in [6.45, 7) is 2.63. The van der Waals surface area contributed by atoms with Crippen LogP contribution in [0.5, 0.6) is 0 Å². The molecule has 0 spiro atoms. The van der Waals surface area contributed by atoms with Gasteiger partial charge in [-0.3, -0.25) is 0 Å². The number of hydrogen-bond acceptors (Lipinski definition) is 5. The van der Waals surface area contributed by atoms with Gasteiger partial charge in [0.15, 0.2) is 0 Å². The van der Waals surface area contributed by atoms with E-state index >= 15 is 0 Å². The zero-order valence-electron chi connectivity index (χ0n) is 11.2. The highest BCUT2D eigenvalue weighted by atomic mass is 32.2. The molecule has 108 valence electrons. The van der Waals surface area contributed by atoms with Gasteiger partial charge in [-0.15, -0.1) is 11.3 Å². The summed E-state index contributed by atoms with van der Waals surface area (Å²) < 4.78 is 26.5. The second-order valence-corrected chi connectivity index (χ2v) is 7.57. The second kappa shape index (κ2) is 6.45. The Balaban J connectivity index is 1.96. The van der Waals surface area contributed by atoms with Crippen molar-refractivity contribution in [2.24, 2.45) is 5.73 Å². The molecule has 0 amide bonds. The van der Waals surface area contributed by atoms with Crippen molar-refractivity contribution >= 4 is 21.4 Å². The first-order chi connectivity index (χ1) is 9.48. The van der Waals surface area contributed by atoms with E-state index in [1.165, 1.54) is 11.3 Å². The Morgan fingerprint density at radius 3 is 2.45 bits per heavy atom. The topological polar surface area (TPSA) is 85.1 Å². The standard InChI is InChI=1S/C13H17N3O2S2/c1-10-15-7-13(19-10)8-16-20(17,18)9-12-4-2-11(6-14)3-5-12/h2-5,7,16H,6,8-9,14H2,1H3. The Morgan fingerprint density at radius 2 is 1.90 bits per heavy atom. The van der Waals surface area contributed by atoms with Gasteiger partial charge in [-0.1, -0.05) is 24.3 Å². The molecule has 0 fully saturated rings. The summed E-state index contributed by atoms with van der Waals surface area (Å²) in [4.78, 5) is 5.00. The van der Waals surface area contributed by atoms with Crippen LogP contribution >= 0.6 is 11.3 Å². The van der Waals surface area contributed by atoms with Gasteiger partial charge in [0.25, 0.3) is 0 Å². The average molecular weight is 311 g/mol. The maximum Gasteiger partial charge on any atom is 0.216 e. The molecule has 0 saturated heterocycles. The minimum atomic E-state index is -3.35. The van der Waals surface area contributed by atoms with Gasteiger partial charge in [0.2, 0.25) is 10.0 Å². The minimum absolute atomic E-state index is 0.0321. The molecular formula is C13H17N3O2S2. The van der Waals surface area contributed by atoms with Crippen LogP contribution in [0.2, 0.25) is 0 Å².